The predicted octanol–water partition coefficient (Wildman–Crippen LogP) is 3.11. The van der Waals surface area contributed by atoms with Crippen LogP contribution in [0.1, 0.15) is 22.3 Å². The molecule has 9 heteroatoms. The first kappa shape index (κ1) is 24.9. The molecule has 1 aliphatic heterocycles. The number of hydrogen-bond donors (Lipinski definition) is 2. The van der Waals surface area contributed by atoms with Crippen molar-refractivity contribution in [3.63, 3.8) is 0 Å². The molecule has 1 aliphatic rings. The summed E-state index contributed by atoms with van der Waals surface area (Å²) in [6, 6.07) is 4.70. The quantitative estimate of drug-likeness (QED) is 0.391. The number of ether oxygens (including phenoxy) is 3. The average molecular weight is 458 g/mol. The van der Waals surface area contributed by atoms with Crippen molar-refractivity contribution >= 4 is 24.6 Å². The van der Waals surface area contributed by atoms with Gasteiger partial charge in [-0.15, -0.1) is 0 Å². The smallest absolute Gasteiger partial charge is 0.410 e. The van der Waals surface area contributed by atoms with Gasteiger partial charge in [0, 0.05) is 23.9 Å². The monoisotopic (exact) mass is 457 g/mol. The minimum atomic E-state index is -0.476. The molecule has 1 N–H and O–H groups in total. The van der Waals surface area contributed by atoms with Crippen LogP contribution >= 0.6 is 12.6 Å². The van der Waals surface area contributed by atoms with Crippen LogP contribution in [0.15, 0.2) is 50.1 Å². The minimum absolute atomic E-state index is 0.0152. The lowest BCUT2D eigenvalue weighted by Crippen LogP contribution is -2.43. The molecule has 8 nitrogen and oxygen atoms in total. The largest absolute Gasteiger partial charge is 0.486 e. The normalized spacial score (nSPS) is 17.1. The van der Waals surface area contributed by atoms with Crippen LogP contribution in [0.25, 0.3) is 0 Å². The maximum Gasteiger partial charge on any atom is 0.410 e. The molecule has 0 bridgehead atoms. The molecule has 0 saturated carbocycles. The van der Waals surface area contributed by atoms with E-state index in [0.717, 1.165) is 0 Å². The standard InChI is InChI=1S/C23H27N3O5S/c1-4-7-29-20-11-16(10-17(13-24)21(20)30-8-5-2)22(27)25-14-18-12-19(32)15-26(18)23(28)31-9-6-3/h4-6,10-11,18-19,32H,1-3,7-9,12,14-15H2,(H,25,27). The van der Waals surface area contributed by atoms with E-state index in [-0.39, 0.29) is 60.3 Å². The Morgan fingerprint density at radius 3 is 2.53 bits per heavy atom. The molecule has 0 spiro atoms. The maximum atomic E-state index is 12.8. The molecular weight excluding hydrogens is 430 g/mol. The van der Waals surface area contributed by atoms with Crippen molar-refractivity contribution in [2.24, 2.45) is 0 Å². The zero-order valence-corrected chi connectivity index (χ0v) is 18.7. The van der Waals surface area contributed by atoms with Gasteiger partial charge in [-0.25, -0.2) is 4.79 Å². The molecule has 1 saturated heterocycles. The Balaban J connectivity index is 2.16. The van der Waals surface area contributed by atoms with Crippen molar-refractivity contribution < 1.29 is 23.8 Å². The van der Waals surface area contributed by atoms with Crippen molar-refractivity contribution in [2.75, 3.05) is 32.9 Å². The number of nitrogens with zero attached hydrogens (tertiary/aromatic N) is 2. The Hall–Kier alpha value is -3.38. The van der Waals surface area contributed by atoms with Gasteiger partial charge in [-0.05, 0) is 18.6 Å². The Kier molecular flexibility index (Phi) is 9.70. The fraction of sp³-hybridized carbons (Fsp3) is 0.348. The highest BCUT2D eigenvalue weighted by molar-refractivity contribution is 7.81. The summed E-state index contributed by atoms with van der Waals surface area (Å²) in [5, 5.41) is 12.3. The molecule has 1 heterocycles. The van der Waals surface area contributed by atoms with Crippen molar-refractivity contribution in [3.8, 4) is 17.6 Å². The molecule has 170 valence electrons. The van der Waals surface area contributed by atoms with E-state index in [2.05, 4.69) is 37.7 Å². The molecule has 1 fully saturated rings. The Morgan fingerprint density at radius 1 is 1.19 bits per heavy atom. The lowest BCUT2D eigenvalue weighted by molar-refractivity contribution is 0.0911. The number of hydrogen-bond acceptors (Lipinski definition) is 7. The van der Waals surface area contributed by atoms with Crippen LogP contribution in [-0.4, -0.2) is 61.1 Å². The van der Waals surface area contributed by atoms with Crippen LogP contribution in [0.4, 0.5) is 4.79 Å². The molecule has 2 rings (SSSR count). The van der Waals surface area contributed by atoms with Crippen molar-refractivity contribution in [1.82, 2.24) is 10.2 Å². The highest BCUT2D eigenvalue weighted by Gasteiger charge is 2.34. The first-order valence-corrected chi connectivity index (χ1v) is 10.5. The number of likely N-dealkylation sites (tertiary alicyclic amines) is 1. The highest BCUT2D eigenvalue weighted by atomic mass is 32.1. The van der Waals surface area contributed by atoms with E-state index < -0.39 is 12.0 Å². The lowest BCUT2D eigenvalue weighted by atomic mass is 10.1. The molecule has 1 aromatic carbocycles. The number of nitrogens with one attached hydrogen (secondary N) is 1. The van der Waals surface area contributed by atoms with Crippen LogP contribution in [0.5, 0.6) is 11.5 Å². The predicted molar refractivity (Wildman–Crippen MR) is 124 cm³/mol. The first-order chi connectivity index (χ1) is 15.4. The van der Waals surface area contributed by atoms with Crippen LogP contribution in [0, 0.1) is 11.3 Å². The fourth-order valence-electron chi connectivity index (χ4n) is 3.20. The summed E-state index contributed by atoms with van der Waals surface area (Å²) in [6.45, 7) is 11.8. The van der Waals surface area contributed by atoms with Gasteiger partial charge >= 0.3 is 6.09 Å². The van der Waals surface area contributed by atoms with E-state index in [1.807, 2.05) is 6.07 Å². The Morgan fingerprint density at radius 2 is 1.88 bits per heavy atom. The third kappa shape index (κ3) is 6.56. The second-order valence-corrected chi connectivity index (χ2v) is 7.66. The Bertz CT molecular complexity index is 912. The van der Waals surface area contributed by atoms with E-state index in [9.17, 15) is 14.9 Å². The summed E-state index contributed by atoms with van der Waals surface area (Å²) in [5.74, 6) is 0.0692. The van der Waals surface area contributed by atoms with Crippen molar-refractivity contribution in [2.45, 2.75) is 17.7 Å². The van der Waals surface area contributed by atoms with Gasteiger partial charge in [0.2, 0.25) is 0 Å². The van der Waals surface area contributed by atoms with Gasteiger partial charge in [0.25, 0.3) is 5.91 Å². The topological polar surface area (TPSA) is 101 Å². The average Bonchev–Trinajstić information content (AvgIpc) is 3.18. The summed E-state index contributed by atoms with van der Waals surface area (Å²) in [6.07, 6.45) is 4.71. The summed E-state index contributed by atoms with van der Waals surface area (Å²) < 4.78 is 16.3. The third-order valence-electron chi connectivity index (χ3n) is 4.59. The number of nitriles is 1. The lowest BCUT2D eigenvalue weighted by Gasteiger charge is -2.24. The van der Waals surface area contributed by atoms with E-state index in [1.54, 1.807) is 17.1 Å². The van der Waals surface area contributed by atoms with Gasteiger partial charge in [-0.3, -0.25) is 4.79 Å². The van der Waals surface area contributed by atoms with Crippen LogP contribution in [0.2, 0.25) is 0 Å². The van der Waals surface area contributed by atoms with E-state index in [4.69, 9.17) is 14.2 Å². The fourth-order valence-corrected chi connectivity index (χ4v) is 3.62. The SMILES string of the molecule is C=CCOC(=O)N1CC(S)CC1CNC(=O)c1cc(C#N)c(OCC=C)c(OCC=C)c1. The first-order valence-electron chi connectivity index (χ1n) is 10.0. The second-order valence-electron chi connectivity index (χ2n) is 6.93. The molecular formula is C23H27N3O5S. The number of rotatable bonds is 11. The van der Waals surface area contributed by atoms with Gasteiger partial charge < -0.3 is 24.4 Å². The molecule has 32 heavy (non-hydrogen) atoms. The van der Waals surface area contributed by atoms with Gasteiger partial charge in [0.05, 0.1) is 11.6 Å². The van der Waals surface area contributed by atoms with Gasteiger partial charge in [-0.2, -0.15) is 17.9 Å². The minimum Gasteiger partial charge on any atom is -0.486 e. The number of carbonyl (C=O) groups excluding carboxylic acids is 2. The number of benzene rings is 1. The van der Waals surface area contributed by atoms with Gasteiger partial charge in [0.1, 0.15) is 25.9 Å². The van der Waals surface area contributed by atoms with Gasteiger partial charge in [-0.1, -0.05) is 38.0 Å². The maximum absolute atomic E-state index is 12.8. The van der Waals surface area contributed by atoms with E-state index in [1.165, 1.54) is 18.2 Å². The molecule has 2 unspecified atom stereocenters. The van der Waals surface area contributed by atoms with E-state index in [0.29, 0.717) is 13.0 Å². The van der Waals surface area contributed by atoms with Crippen LogP contribution in [0.3, 0.4) is 0 Å². The van der Waals surface area contributed by atoms with Crippen LogP contribution in [-0.2, 0) is 4.74 Å². The zero-order chi connectivity index (χ0) is 23.5. The van der Waals surface area contributed by atoms with Crippen LogP contribution < -0.4 is 14.8 Å². The van der Waals surface area contributed by atoms with Gasteiger partial charge in [0.15, 0.2) is 11.5 Å². The Labute approximate surface area is 193 Å². The highest BCUT2D eigenvalue weighted by Crippen LogP contribution is 2.33. The van der Waals surface area contributed by atoms with E-state index >= 15 is 0 Å². The summed E-state index contributed by atoms with van der Waals surface area (Å²) in [5.41, 5.74) is 0.386. The summed E-state index contributed by atoms with van der Waals surface area (Å²) in [7, 11) is 0. The number of thiol groups is 1. The van der Waals surface area contributed by atoms with Crippen molar-refractivity contribution in [1.29, 1.82) is 5.26 Å². The zero-order valence-electron chi connectivity index (χ0n) is 17.8. The number of carbonyl (C=O) groups is 2. The molecule has 2 atom stereocenters. The molecule has 0 aliphatic carbocycles. The third-order valence-corrected chi connectivity index (χ3v) is 4.96. The van der Waals surface area contributed by atoms with Crippen molar-refractivity contribution in [3.05, 3.63) is 61.2 Å². The molecule has 0 radical (unpaired) electrons. The molecule has 1 aromatic rings. The molecule has 2 amide bonds. The second kappa shape index (κ2) is 12.5. The summed E-state index contributed by atoms with van der Waals surface area (Å²) >= 11 is 4.46. The number of amides is 2. The molecule has 0 aromatic heterocycles. The summed E-state index contributed by atoms with van der Waals surface area (Å²) in [4.78, 5) is 26.6.